The molecular weight excluding hydrogens is 737 g/mol. The molecule has 0 aromatic heterocycles. The molecule has 7 rings (SSSR count). The lowest BCUT2D eigenvalue weighted by Gasteiger charge is -2.69. The minimum absolute atomic E-state index is 0.00188. The summed E-state index contributed by atoms with van der Waals surface area (Å²) in [5, 5.41) is 77.1. The zero-order valence-corrected chi connectivity index (χ0v) is 36.4. The van der Waals surface area contributed by atoms with Crippen molar-refractivity contribution >= 4 is 11.5 Å². The first-order valence-electron chi connectivity index (χ1n) is 23.3. The lowest BCUT2D eigenvalue weighted by molar-refractivity contribution is -0.703. The number of fused-ring (bicyclic) bond motifs is 2. The third-order valence-corrected chi connectivity index (χ3v) is 17.9. The predicted molar refractivity (Wildman–Crippen MR) is 221 cm³/mol. The van der Waals surface area contributed by atoms with Gasteiger partial charge < -0.3 is 46.0 Å². The Morgan fingerprint density at radius 3 is 2.57 bits per heavy atom. The summed E-state index contributed by atoms with van der Waals surface area (Å²) in [6.07, 6.45) is 10.0. The highest BCUT2D eigenvalue weighted by molar-refractivity contribution is 6.42. The Morgan fingerprint density at radius 2 is 1.90 bits per heavy atom. The average Bonchev–Trinajstić information content (AvgIpc) is 3.63. The maximum atomic E-state index is 15.4. The first-order chi connectivity index (χ1) is 27.4. The number of aliphatic hydroxyl groups is 6. The Kier molecular flexibility index (Phi) is 12.9. The van der Waals surface area contributed by atoms with Crippen molar-refractivity contribution in [3.05, 3.63) is 12.2 Å². The van der Waals surface area contributed by atoms with Gasteiger partial charge in [0.2, 0.25) is 0 Å². The maximum absolute atomic E-state index is 15.4. The molecule has 2 aliphatic heterocycles. The standard InChI is InChI=1S/C46H78N4O8/c1-7-8-9-10-11-30-23-58-39(27(30)3)41(55)43(5,56)34-15-17-46(57)36-37(50-21-26(2)51)38(54)31-18-32(52)33(53)20-45(31)19-28(29-12-13-35(47)49-22-29)14-16-44(25-48-6,40(36)45)24-42(34,46)4/h14,16,26-36,39-41,48-49,51-53,55-57H,7-13,15,17-25,47H2,1-6H3/p+2/t26-,27-,28+,29?,30-,31-,32+,33-,34+,35?,36+,39+,40+,41+,42+,43+,44+,45-,46-/m0/s1. The number of ether oxygens (including phenoxy) is 1. The number of carbonyl (C=O) groups excluding carboxylic acids is 1. The topological polar surface area (TPSA) is 219 Å². The summed E-state index contributed by atoms with van der Waals surface area (Å²) in [5.41, 5.74) is 1.17. The molecule has 1 spiro atoms. The molecule has 7 aliphatic rings. The van der Waals surface area contributed by atoms with E-state index in [1.54, 1.807) is 13.8 Å². The summed E-state index contributed by atoms with van der Waals surface area (Å²) in [6, 6.07) is 0. The highest BCUT2D eigenvalue weighted by Gasteiger charge is 2.79. The van der Waals surface area contributed by atoms with E-state index in [9.17, 15) is 30.6 Å². The van der Waals surface area contributed by atoms with E-state index < -0.39 is 75.7 Å². The van der Waals surface area contributed by atoms with Crippen LogP contribution in [0.3, 0.4) is 0 Å². The van der Waals surface area contributed by atoms with Crippen molar-refractivity contribution in [1.29, 1.82) is 0 Å². The quantitative estimate of drug-likeness (QED) is 0.0957. The summed E-state index contributed by atoms with van der Waals surface area (Å²) in [6.45, 7) is 11.9. The highest BCUT2D eigenvalue weighted by Crippen LogP contribution is 2.75. The number of quaternary nitrogens is 2. The van der Waals surface area contributed by atoms with Gasteiger partial charge in [-0.25, -0.2) is 0 Å². The van der Waals surface area contributed by atoms with Crippen LogP contribution < -0.4 is 16.4 Å². The van der Waals surface area contributed by atoms with Crippen LogP contribution >= 0.6 is 0 Å². The predicted octanol–water partition coefficient (Wildman–Crippen LogP) is 1.04. The van der Waals surface area contributed by atoms with Crippen molar-refractivity contribution in [3.8, 4) is 0 Å². The van der Waals surface area contributed by atoms with Gasteiger partial charge in [0.1, 0.15) is 12.3 Å². The van der Waals surface area contributed by atoms with E-state index in [-0.39, 0.29) is 54.8 Å². The van der Waals surface area contributed by atoms with Crippen LogP contribution in [0, 0.1) is 63.6 Å². The number of piperidine rings is 1. The fourth-order valence-electron chi connectivity index (χ4n) is 15.0. The molecule has 330 valence electrons. The molecule has 0 aromatic carbocycles. The first kappa shape index (κ1) is 44.7. The molecular formula is C46H80N4O8+2. The molecule has 58 heavy (non-hydrogen) atoms. The number of nitrogens with two attached hydrogens (primary N) is 3. The molecule has 0 bridgehead atoms. The molecule has 0 aromatic rings. The highest BCUT2D eigenvalue weighted by atomic mass is 16.5. The molecule has 2 unspecified atom stereocenters. The Balaban J connectivity index is 1.35. The monoisotopic (exact) mass is 817 g/mol. The number of rotatable bonds is 13. The van der Waals surface area contributed by atoms with Crippen molar-refractivity contribution in [2.45, 2.75) is 166 Å². The normalized spacial score (nSPS) is 49.1. The number of allylic oxidation sites excluding steroid dienone is 1. The summed E-state index contributed by atoms with van der Waals surface area (Å²) < 4.78 is 6.37. The smallest absolute Gasteiger partial charge is 0.180 e. The molecule has 5 aliphatic carbocycles. The fourth-order valence-corrected chi connectivity index (χ4v) is 15.0. The maximum Gasteiger partial charge on any atom is 0.180 e. The van der Waals surface area contributed by atoms with Crippen LogP contribution in [0.15, 0.2) is 17.1 Å². The number of carbonyl (C=O) groups is 1. The van der Waals surface area contributed by atoms with Crippen LogP contribution in [0.2, 0.25) is 0 Å². The number of hydrogen-bond donors (Lipinski definition) is 9. The van der Waals surface area contributed by atoms with Crippen molar-refractivity contribution in [1.82, 2.24) is 0 Å². The number of aliphatic imine (C=N–C) groups is 1. The minimum Gasteiger partial charge on any atom is -0.391 e. The Labute approximate surface area is 347 Å². The van der Waals surface area contributed by atoms with Crippen LogP contribution in [0.1, 0.15) is 118 Å². The summed E-state index contributed by atoms with van der Waals surface area (Å²) in [7, 11) is 2.06. The largest absolute Gasteiger partial charge is 0.391 e. The van der Waals surface area contributed by atoms with Crippen LogP contribution in [0.5, 0.6) is 0 Å². The molecule has 6 fully saturated rings. The van der Waals surface area contributed by atoms with Gasteiger partial charge in [-0.15, -0.1) is 0 Å². The van der Waals surface area contributed by atoms with Crippen molar-refractivity contribution in [2.75, 3.05) is 33.3 Å². The molecule has 12 heteroatoms. The Morgan fingerprint density at radius 1 is 1.14 bits per heavy atom. The van der Waals surface area contributed by atoms with E-state index in [1.807, 2.05) is 0 Å². The number of Topliss-reactive ketones (excluding diaryl/α,β-unsaturated/α-hetero) is 1. The molecule has 12 N–H and O–H groups in total. The zero-order chi connectivity index (χ0) is 42.0. The van der Waals surface area contributed by atoms with Gasteiger partial charge in [0.05, 0.1) is 74.6 Å². The van der Waals surface area contributed by atoms with Crippen molar-refractivity contribution in [2.24, 2.45) is 74.3 Å². The third-order valence-electron chi connectivity index (χ3n) is 17.9. The Hall–Kier alpha value is -1.32. The second-order valence-corrected chi connectivity index (χ2v) is 21.3. The van der Waals surface area contributed by atoms with Crippen LogP contribution in [0.25, 0.3) is 0 Å². The second-order valence-electron chi connectivity index (χ2n) is 21.3. The van der Waals surface area contributed by atoms with E-state index in [0.29, 0.717) is 50.7 Å². The van der Waals surface area contributed by atoms with Crippen LogP contribution in [0.4, 0.5) is 0 Å². The van der Waals surface area contributed by atoms with Gasteiger partial charge in [0, 0.05) is 35.0 Å². The first-order valence-corrected chi connectivity index (χ1v) is 23.3. The van der Waals surface area contributed by atoms with Gasteiger partial charge in [-0.05, 0) is 100 Å². The van der Waals surface area contributed by atoms with Gasteiger partial charge in [0.25, 0.3) is 0 Å². The van der Waals surface area contributed by atoms with Crippen molar-refractivity contribution in [3.63, 3.8) is 0 Å². The third kappa shape index (κ3) is 7.22. The van der Waals surface area contributed by atoms with Crippen LogP contribution in [-0.2, 0) is 9.53 Å². The molecule has 19 atom stereocenters. The average molecular weight is 817 g/mol. The molecule has 2 heterocycles. The molecule has 2 saturated heterocycles. The SMILES string of the molecule is CCCCCC[C@H]1CO[C@@H]([C@@H](O)[C@](C)(O)[C@@H]2CC[C@]3(O)[C@@H]4C(=NC[C@H](C)O)C(=O)[C@@H]5C[C@@H](O)[C@@H](O)C[C@@]56C[C@H](C5CCC(N)[NH2+]C5)C=C[C@](C[NH2+]C)(C[C@]23C)[C@@H]46)[C@H]1C. The fraction of sp³-hybridized carbons (Fsp3) is 0.913. The number of ketones is 1. The number of hydrogen-bond acceptors (Lipinski definition) is 10. The van der Waals surface area contributed by atoms with Gasteiger partial charge in [0.15, 0.2) is 5.78 Å². The van der Waals surface area contributed by atoms with E-state index in [1.165, 1.54) is 19.3 Å². The van der Waals surface area contributed by atoms with Gasteiger partial charge in [-0.3, -0.25) is 15.5 Å². The van der Waals surface area contributed by atoms with Gasteiger partial charge >= 0.3 is 0 Å². The summed E-state index contributed by atoms with van der Waals surface area (Å²) in [5.74, 6) is -1.65. The van der Waals surface area contributed by atoms with E-state index in [2.05, 4.69) is 50.6 Å². The molecule has 0 radical (unpaired) electrons. The van der Waals surface area contributed by atoms with E-state index in [0.717, 1.165) is 32.2 Å². The van der Waals surface area contributed by atoms with E-state index >= 15 is 4.79 Å². The number of unbranched alkanes of at least 4 members (excludes halogenated alkanes) is 3. The van der Waals surface area contributed by atoms with Gasteiger partial charge in [-0.2, -0.15) is 0 Å². The molecule has 12 nitrogen and oxygen atoms in total. The lowest BCUT2D eigenvalue weighted by Crippen LogP contribution is -2.95. The number of nitrogens with zero attached hydrogens (tertiary/aromatic N) is 1. The Bertz CT molecular complexity index is 1530. The summed E-state index contributed by atoms with van der Waals surface area (Å²) in [4.78, 5) is 20.3. The van der Waals surface area contributed by atoms with Gasteiger partial charge in [-0.1, -0.05) is 58.6 Å². The lowest BCUT2D eigenvalue weighted by atomic mass is 9.35. The van der Waals surface area contributed by atoms with E-state index in [4.69, 9.17) is 15.5 Å². The zero-order valence-electron chi connectivity index (χ0n) is 36.4. The molecule has 0 amide bonds. The van der Waals surface area contributed by atoms with Crippen LogP contribution in [-0.4, -0.2) is 123 Å². The second kappa shape index (κ2) is 16.8. The molecule has 4 saturated carbocycles. The summed E-state index contributed by atoms with van der Waals surface area (Å²) >= 11 is 0. The number of aliphatic hydroxyl groups excluding tert-OH is 4. The minimum atomic E-state index is -1.63. The van der Waals surface area contributed by atoms with Crippen molar-refractivity contribution < 1.29 is 50.8 Å².